The van der Waals surface area contributed by atoms with Gasteiger partial charge in [0.15, 0.2) is 22.8 Å². The van der Waals surface area contributed by atoms with E-state index in [9.17, 15) is 9.59 Å². The van der Waals surface area contributed by atoms with Gasteiger partial charge in [0.25, 0.3) is 0 Å². The molecule has 0 bridgehead atoms. The van der Waals surface area contributed by atoms with Crippen LogP contribution in [-0.4, -0.2) is 27.2 Å². The largest absolute Gasteiger partial charge is 0.493 e. The molecular weight excluding hydrogens is 410 g/mol. The summed E-state index contributed by atoms with van der Waals surface area (Å²) in [4.78, 5) is 25.2. The number of amides is 1. The van der Waals surface area contributed by atoms with Gasteiger partial charge in [0.2, 0.25) is 11.3 Å². The summed E-state index contributed by atoms with van der Waals surface area (Å²) in [5.74, 6) is 1.31. The highest BCUT2D eigenvalue weighted by Gasteiger charge is 2.12. The van der Waals surface area contributed by atoms with E-state index in [0.717, 1.165) is 5.56 Å². The van der Waals surface area contributed by atoms with Crippen molar-refractivity contribution < 1.29 is 23.4 Å². The zero-order valence-electron chi connectivity index (χ0n) is 17.8. The smallest absolute Gasteiger partial charge is 0.248 e. The number of anilines is 1. The molecule has 0 aliphatic heterocycles. The third kappa shape index (κ3) is 4.00. The highest BCUT2D eigenvalue weighted by Crippen LogP contribution is 2.29. The van der Waals surface area contributed by atoms with E-state index in [1.807, 2.05) is 6.07 Å². The van der Waals surface area contributed by atoms with E-state index in [-0.39, 0.29) is 11.3 Å². The first-order valence-electron chi connectivity index (χ1n) is 9.78. The molecule has 0 saturated carbocycles. The Hall–Kier alpha value is -4.26. The molecule has 1 aromatic heterocycles. The molecule has 4 rings (SSSR count). The van der Waals surface area contributed by atoms with Crippen LogP contribution in [0.2, 0.25) is 0 Å². The quantitative estimate of drug-likeness (QED) is 0.354. The lowest BCUT2D eigenvalue weighted by Gasteiger charge is -2.08. The molecule has 0 atom stereocenters. The minimum Gasteiger partial charge on any atom is -0.493 e. The fourth-order valence-corrected chi connectivity index (χ4v) is 3.40. The summed E-state index contributed by atoms with van der Waals surface area (Å²) in [5, 5.41) is 3.63. The normalized spacial score (nSPS) is 11.1. The van der Waals surface area contributed by atoms with E-state index in [1.165, 1.54) is 13.2 Å². The molecule has 3 aromatic carbocycles. The molecule has 4 aromatic rings. The van der Waals surface area contributed by atoms with Gasteiger partial charge >= 0.3 is 0 Å². The van der Waals surface area contributed by atoms with E-state index in [4.69, 9.17) is 18.6 Å². The highest BCUT2D eigenvalue weighted by atomic mass is 16.5. The van der Waals surface area contributed by atoms with Crippen LogP contribution in [0.15, 0.2) is 69.9 Å². The first-order chi connectivity index (χ1) is 15.5. The number of methoxy groups -OCH3 is 3. The number of ether oxygens (including phenoxy) is 3. The highest BCUT2D eigenvalue weighted by molar-refractivity contribution is 6.03. The predicted molar refractivity (Wildman–Crippen MR) is 124 cm³/mol. The number of carbonyl (C=O) groups is 1. The minimum atomic E-state index is -0.333. The number of nitrogens with one attached hydrogen (secondary N) is 1. The number of hydrogen-bond acceptors (Lipinski definition) is 6. The van der Waals surface area contributed by atoms with Crippen LogP contribution in [0.5, 0.6) is 17.2 Å². The van der Waals surface area contributed by atoms with E-state index >= 15 is 0 Å². The molecular formula is C25H21NO6. The molecule has 1 heterocycles. The Morgan fingerprint density at radius 1 is 0.875 bits per heavy atom. The van der Waals surface area contributed by atoms with Gasteiger partial charge in [-0.25, -0.2) is 0 Å². The Bertz CT molecular complexity index is 1400. The SMILES string of the molecule is COc1ccc(/C=C/C(=O)Nc2ccc3c(=O)c4cccc(OC)c4oc3c2)cc1OC. The Morgan fingerprint density at radius 3 is 2.41 bits per heavy atom. The second-order valence-electron chi connectivity index (χ2n) is 6.92. The average Bonchev–Trinajstić information content (AvgIpc) is 2.82. The summed E-state index contributed by atoms with van der Waals surface area (Å²) in [7, 11) is 4.63. The van der Waals surface area contributed by atoms with Crippen LogP contribution in [0, 0.1) is 0 Å². The van der Waals surface area contributed by atoms with Crippen LogP contribution in [-0.2, 0) is 4.79 Å². The topological polar surface area (TPSA) is 87.0 Å². The lowest BCUT2D eigenvalue weighted by atomic mass is 10.1. The van der Waals surface area contributed by atoms with E-state index < -0.39 is 0 Å². The maximum Gasteiger partial charge on any atom is 0.248 e. The van der Waals surface area contributed by atoms with Crippen molar-refractivity contribution in [3.63, 3.8) is 0 Å². The molecule has 0 spiro atoms. The molecule has 32 heavy (non-hydrogen) atoms. The molecule has 7 heteroatoms. The van der Waals surface area contributed by atoms with Crippen molar-refractivity contribution in [3.8, 4) is 17.2 Å². The third-order valence-corrected chi connectivity index (χ3v) is 4.98. The van der Waals surface area contributed by atoms with Crippen LogP contribution in [0.3, 0.4) is 0 Å². The van der Waals surface area contributed by atoms with Gasteiger partial charge in [-0.05, 0) is 48.0 Å². The number of para-hydroxylation sites is 1. The van der Waals surface area contributed by atoms with Crippen molar-refractivity contribution in [2.75, 3.05) is 26.6 Å². The molecule has 0 radical (unpaired) electrons. The van der Waals surface area contributed by atoms with E-state index in [1.54, 1.807) is 68.8 Å². The predicted octanol–water partition coefficient (Wildman–Crippen LogP) is 4.62. The molecule has 0 unspecified atom stereocenters. The Morgan fingerprint density at radius 2 is 1.66 bits per heavy atom. The molecule has 1 amide bonds. The summed E-state index contributed by atoms with van der Waals surface area (Å²) in [6.07, 6.45) is 3.07. The van der Waals surface area contributed by atoms with E-state index in [0.29, 0.717) is 44.9 Å². The minimum absolute atomic E-state index is 0.161. The first kappa shape index (κ1) is 21.0. The van der Waals surface area contributed by atoms with Gasteiger partial charge in [-0.2, -0.15) is 0 Å². The van der Waals surface area contributed by atoms with Gasteiger partial charge in [0, 0.05) is 17.8 Å². The van der Waals surface area contributed by atoms with Crippen LogP contribution in [0.4, 0.5) is 5.69 Å². The van der Waals surface area contributed by atoms with Crippen molar-refractivity contribution in [3.05, 3.63) is 76.5 Å². The van der Waals surface area contributed by atoms with Crippen LogP contribution < -0.4 is 25.0 Å². The Balaban J connectivity index is 1.60. The molecule has 7 nitrogen and oxygen atoms in total. The Labute approximate surface area is 183 Å². The fourth-order valence-electron chi connectivity index (χ4n) is 3.40. The molecule has 162 valence electrons. The maximum atomic E-state index is 12.8. The molecule has 0 aliphatic rings. The van der Waals surface area contributed by atoms with Crippen LogP contribution in [0.25, 0.3) is 28.0 Å². The summed E-state index contributed by atoms with van der Waals surface area (Å²) >= 11 is 0. The maximum absolute atomic E-state index is 12.8. The number of rotatable bonds is 6. The van der Waals surface area contributed by atoms with Gasteiger partial charge in [0.1, 0.15) is 5.58 Å². The summed E-state index contributed by atoms with van der Waals surface area (Å²) in [5.41, 5.74) is 1.84. The van der Waals surface area contributed by atoms with Crippen molar-refractivity contribution in [1.29, 1.82) is 0 Å². The zero-order chi connectivity index (χ0) is 22.7. The number of benzene rings is 3. The Kier molecular flexibility index (Phi) is 5.81. The average molecular weight is 431 g/mol. The number of hydrogen-bond donors (Lipinski definition) is 1. The van der Waals surface area contributed by atoms with Gasteiger partial charge in [-0.15, -0.1) is 0 Å². The lowest BCUT2D eigenvalue weighted by Crippen LogP contribution is -2.08. The van der Waals surface area contributed by atoms with Gasteiger partial charge in [0.05, 0.1) is 32.1 Å². The van der Waals surface area contributed by atoms with Crippen molar-refractivity contribution in [2.24, 2.45) is 0 Å². The van der Waals surface area contributed by atoms with Crippen LogP contribution in [0.1, 0.15) is 5.56 Å². The monoisotopic (exact) mass is 431 g/mol. The lowest BCUT2D eigenvalue weighted by molar-refractivity contribution is -0.111. The first-order valence-corrected chi connectivity index (χ1v) is 9.78. The standard InChI is InChI=1S/C25H21NO6/c1-29-19-11-7-15(13-22(19)31-3)8-12-23(27)26-16-9-10-17-21(14-16)32-25-18(24(17)28)5-4-6-20(25)30-2/h4-14H,1-3H3,(H,26,27)/b12-8+. The summed E-state index contributed by atoms with van der Waals surface area (Å²) in [6.45, 7) is 0. The summed E-state index contributed by atoms with van der Waals surface area (Å²) in [6, 6.07) is 15.4. The third-order valence-electron chi connectivity index (χ3n) is 4.98. The molecule has 0 aliphatic carbocycles. The zero-order valence-corrected chi connectivity index (χ0v) is 17.8. The molecule has 0 saturated heterocycles. The van der Waals surface area contributed by atoms with Crippen molar-refractivity contribution in [2.45, 2.75) is 0 Å². The van der Waals surface area contributed by atoms with Crippen molar-refractivity contribution in [1.82, 2.24) is 0 Å². The van der Waals surface area contributed by atoms with Gasteiger partial charge in [-0.3, -0.25) is 9.59 Å². The molecule has 1 N–H and O–H groups in total. The fraction of sp³-hybridized carbons (Fsp3) is 0.120. The van der Waals surface area contributed by atoms with E-state index in [2.05, 4.69) is 5.32 Å². The van der Waals surface area contributed by atoms with Gasteiger partial charge in [-0.1, -0.05) is 12.1 Å². The number of carbonyl (C=O) groups excluding carboxylic acids is 1. The molecule has 0 fully saturated rings. The summed E-state index contributed by atoms with van der Waals surface area (Å²) < 4.78 is 21.7. The second-order valence-corrected chi connectivity index (χ2v) is 6.92. The second kappa shape index (κ2) is 8.85. The van der Waals surface area contributed by atoms with Crippen molar-refractivity contribution >= 4 is 39.6 Å². The van der Waals surface area contributed by atoms with Gasteiger partial charge < -0.3 is 23.9 Å². The number of fused-ring (bicyclic) bond motifs is 2. The van der Waals surface area contributed by atoms with Crippen LogP contribution >= 0.6 is 0 Å².